The predicted molar refractivity (Wildman–Crippen MR) is 54.1 cm³/mol. The summed E-state index contributed by atoms with van der Waals surface area (Å²) in [7, 11) is 0. The number of hydrogen-bond acceptors (Lipinski definition) is 4. The molecule has 0 aliphatic heterocycles. The second kappa shape index (κ2) is 4.79. The van der Waals surface area contributed by atoms with Gasteiger partial charge in [-0.2, -0.15) is 0 Å². The fourth-order valence-electron chi connectivity index (χ4n) is 0.949. The Hall–Kier alpha value is -1.55. The van der Waals surface area contributed by atoms with E-state index in [0.717, 1.165) is 0 Å². The average molecular weight is 229 g/mol. The van der Waals surface area contributed by atoms with Gasteiger partial charge in [-0.25, -0.2) is 0 Å². The number of carbonyl (C=O) groups is 2. The van der Waals surface area contributed by atoms with Gasteiger partial charge in [-0.1, -0.05) is 11.6 Å². The lowest BCUT2D eigenvalue weighted by atomic mass is 10.3. The maximum atomic E-state index is 10.7. The fourth-order valence-corrected chi connectivity index (χ4v) is 1.16. The minimum absolute atomic E-state index is 0.212. The minimum Gasteiger partial charge on any atom is -0.427 e. The molecule has 0 amide bonds. The minimum atomic E-state index is -0.461. The van der Waals surface area contributed by atoms with E-state index in [4.69, 9.17) is 21.1 Å². The molecule has 0 aliphatic carbocycles. The Kier molecular flexibility index (Phi) is 3.68. The van der Waals surface area contributed by atoms with Crippen LogP contribution >= 0.6 is 11.6 Å². The first kappa shape index (κ1) is 11.5. The third-order valence-corrected chi connectivity index (χ3v) is 1.71. The first-order chi connectivity index (χ1) is 6.99. The summed E-state index contributed by atoms with van der Waals surface area (Å²) in [5.74, 6) is -0.355. The molecule has 15 heavy (non-hydrogen) atoms. The number of ether oxygens (including phenoxy) is 2. The van der Waals surface area contributed by atoms with Crippen molar-refractivity contribution in [2.45, 2.75) is 13.8 Å². The molecule has 0 atom stereocenters. The summed E-state index contributed by atoms with van der Waals surface area (Å²) in [6.45, 7) is 2.56. The van der Waals surface area contributed by atoms with E-state index in [2.05, 4.69) is 0 Å². The molecule has 0 saturated heterocycles. The molecule has 0 radical (unpaired) electrons. The Morgan fingerprint density at radius 2 is 1.73 bits per heavy atom. The number of halogens is 1. The Morgan fingerprint density at radius 1 is 1.13 bits per heavy atom. The third kappa shape index (κ3) is 3.59. The second-order valence-corrected chi connectivity index (χ2v) is 3.19. The van der Waals surface area contributed by atoms with Crippen LogP contribution in [0.4, 0.5) is 0 Å². The van der Waals surface area contributed by atoms with Gasteiger partial charge in [0.2, 0.25) is 0 Å². The Bertz CT molecular complexity index is 400. The fraction of sp³-hybridized carbons (Fsp3) is 0.200. The number of carbonyl (C=O) groups excluding carboxylic acids is 2. The Balaban J connectivity index is 2.87. The van der Waals surface area contributed by atoms with Gasteiger partial charge >= 0.3 is 11.9 Å². The summed E-state index contributed by atoms with van der Waals surface area (Å²) in [5, 5.41) is 0.212. The van der Waals surface area contributed by atoms with Crippen molar-refractivity contribution in [3.8, 4) is 11.5 Å². The lowest BCUT2D eigenvalue weighted by molar-refractivity contribution is -0.133. The second-order valence-electron chi connectivity index (χ2n) is 2.78. The van der Waals surface area contributed by atoms with Gasteiger partial charge < -0.3 is 9.47 Å². The van der Waals surface area contributed by atoms with E-state index in [1.807, 2.05) is 0 Å². The van der Waals surface area contributed by atoms with E-state index in [1.54, 1.807) is 0 Å². The van der Waals surface area contributed by atoms with Gasteiger partial charge in [0.05, 0.1) is 5.02 Å². The summed E-state index contributed by atoms with van der Waals surface area (Å²) in [6.07, 6.45) is 0. The van der Waals surface area contributed by atoms with Gasteiger partial charge in [0.25, 0.3) is 0 Å². The first-order valence-corrected chi connectivity index (χ1v) is 4.53. The molecule has 1 rings (SSSR count). The van der Waals surface area contributed by atoms with Crippen molar-refractivity contribution in [3.05, 3.63) is 23.2 Å². The predicted octanol–water partition coefficient (Wildman–Crippen LogP) is 2.19. The van der Waals surface area contributed by atoms with Crippen LogP contribution in [0, 0.1) is 0 Å². The monoisotopic (exact) mass is 228 g/mol. The molecular formula is C10H9ClO4. The summed E-state index contributed by atoms with van der Waals surface area (Å²) in [6, 6.07) is 4.36. The molecule has 0 spiro atoms. The molecule has 0 saturated carbocycles. The van der Waals surface area contributed by atoms with Crippen molar-refractivity contribution in [1.29, 1.82) is 0 Å². The zero-order valence-electron chi connectivity index (χ0n) is 8.24. The van der Waals surface area contributed by atoms with Crippen LogP contribution in [0.3, 0.4) is 0 Å². The maximum absolute atomic E-state index is 10.7. The molecule has 4 nitrogen and oxygen atoms in total. The lowest BCUT2D eigenvalue weighted by Crippen LogP contribution is -2.03. The molecular weight excluding hydrogens is 220 g/mol. The van der Waals surface area contributed by atoms with Crippen molar-refractivity contribution in [2.24, 2.45) is 0 Å². The zero-order chi connectivity index (χ0) is 11.4. The molecule has 0 aromatic heterocycles. The van der Waals surface area contributed by atoms with E-state index >= 15 is 0 Å². The topological polar surface area (TPSA) is 52.6 Å². The van der Waals surface area contributed by atoms with Gasteiger partial charge in [-0.3, -0.25) is 9.59 Å². The molecule has 1 aromatic rings. The van der Waals surface area contributed by atoms with Crippen LogP contribution in [0.5, 0.6) is 11.5 Å². The molecule has 0 fully saturated rings. The Labute approximate surface area is 91.7 Å². The van der Waals surface area contributed by atoms with E-state index < -0.39 is 11.9 Å². The van der Waals surface area contributed by atoms with Crippen LogP contribution in [0.2, 0.25) is 5.02 Å². The summed E-state index contributed by atoms with van der Waals surface area (Å²) in [4.78, 5) is 21.3. The highest BCUT2D eigenvalue weighted by molar-refractivity contribution is 6.32. The van der Waals surface area contributed by atoms with E-state index in [-0.39, 0.29) is 10.8 Å². The van der Waals surface area contributed by atoms with Crippen molar-refractivity contribution < 1.29 is 19.1 Å². The molecule has 0 aliphatic rings. The van der Waals surface area contributed by atoms with Gasteiger partial charge in [-0.15, -0.1) is 0 Å². The van der Waals surface area contributed by atoms with Gasteiger partial charge in [0.15, 0.2) is 0 Å². The lowest BCUT2D eigenvalue weighted by Gasteiger charge is -2.05. The summed E-state index contributed by atoms with van der Waals surface area (Å²) >= 11 is 5.79. The molecule has 0 N–H and O–H groups in total. The summed E-state index contributed by atoms with van der Waals surface area (Å²) in [5.41, 5.74) is 0. The van der Waals surface area contributed by atoms with Gasteiger partial charge in [0, 0.05) is 19.9 Å². The first-order valence-electron chi connectivity index (χ1n) is 4.15. The highest BCUT2D eigenvalue weighted by Crippen LogP contribution is 2.28. The Morgan fingerprint density at radius 3 is 2.20 bits per heavy atom. The van der Waals surface area contributed by atoms with Crippen LogP contribution in [0.15, 0.2) is 18.2 Å². The van der Waals surface area contributed by atoms with Crippen molar-refractivity contribution in [1.82, 2.24) is 0 Å². The van der Waals surface area contributed by atoms with Crippen LogP contribution in [-0.4, -0.2) is 11.9 Å². The SMILES string of the molecule is CC(=O)Oc1ccc(OC(C)=O)c(Cl)c1. The van der Waals surface area contributed by atoms with Crippen molar-refractivity contribution in [2.75, 3.05) is 0 Å². The highest BCUT2D eigenvalue weighted by Gasteiger charge is 2.07. The molecule has 0 bridgehead atoms. The van der Waals surface area contributed by atoms with E-state index in [1.165, 1.54) is 32.0 Å². The number of esters is 2. The molecule has 1 aromatic carbocycles. The normalized spacial score (nSPS) is 9.53. The van der Waals surface area contributed by atoms with Crippen LogP contribution < -0.4 is 9.47 Å². The van der Waals surface area contributed by atoms with Crippen LogP contribution in [0.25, 0.3) is 0 Å². The zero-order valence-corrected chi connectivity index (χ0v) is 9.00. The molecule has 80 valence electrons. The van der Waals surface area contributed by atoms with Crippen molar-refractivity contribution >= 4 is 23.5 Å². The number of hydrogen-bond donors (Lipinski definition) is 0. The summed E-state index contributed by atoms with van der Waals surface area (Å²) < 4.78 is 9.58. The standard InChI is InChI=1S/C10H9ClO4/c1-6(12)14-8-3-4-10(9(11)5-8)15-7(2)13/h3-5H,1-2H3. The van der Waals surface area contributed by atoms with Crippen LogP contribution in [0.1, 0.15) is 13.8 Å². The number of rotatable bonds is 2. The number of benzene rings is 1. The van der Waals surface area contributed by atoms with Crippen molar-refractivity contribution in [3.63, 3.8) is 0 Å². The molecule has 0 unspecified atom stereocenters. The van der Waals surface area contributed by atoms with E-state index in [0.29, 0.717) is 5.75 Å². The maximum Gasteiger partial charge on any atom is 0.308 e. The van der Waals surface area contributed by atoms with Gasteiger partial charge in [0.1, 0.15) is 11.5 Å². The van der Waals surface area contributed by atoms with Gasteiger partial charge in [-0.05, 0) is 12.1 Å². The highest BCUT2D eigenvalue weighted by atomic mass is 35.5. The smallest absolute Gasteiger partial charge is 0.308 e. The molecule has 5 heteroatoms. The quantitative estimate of drug-likeness (QED) is 0.575. The van der Waals surface area contributed by atoms with Crippen LogP contribution in [-0.2, 0) is 9.59 Å². The molecule has 0 heterocycles. The van der Waals surface area contributed by atoms with E-state index in [9.17, 15) is 9.59 Å². The average Bonchev–Trinajstić information content (AvgIpc) is 2.08. The third-order valence-electron chi connectivity index (χ3n) is 1.42. The largest absolute Gasteiger partial charge is 0.427 e.